The summed E-state index contributed by atoms with van der Waals surface area (Å²) >= 11 is 5.84. The molecule has 6 heteroatoms. The maximum Gasteiger partial charge on any atom is 0.244 e. The number of hydrogen-bond donors (Lipinski definition) is 2. The number of aromatic nitrogens is 3. The van der Waals surface area contributed by atoms with Crippen LogP contribution in [-0.2, 0) is 6.54 Å². The molecule has 0 aliphatic rings. The fourth-order valence-corrected chi connectivity index (χ4v) is 1.68. The van der Waals surface area contributed by atoms with E-state index in [1.165, 1.54) is 0 Å². The first kappa shape index (κ1) is 12.7. The molecule has 0 aliphatic carbocycles. The zero-order chi connectivity index (χ0) is 13.1. The van der Waals surface area contributed by atoms with Crippen molar-refractivity contribution in [1.29, 1.82) is 0 Å². The van der Waals surface area contributed by atoms with Crippen molar-refractivity contribution in [3.05, 3.63) is 34.9 Å². The minimum Gasteiger partial charge on any atom is -0.368 e. The molecule has 0 saturated carbocycles. The molecule has 2 aromatic rings. The summed E-state index contributed by atoms with van der Waals surface area (Å²) < 4.78 is 1.66. The fraction of sp³-hybridized carbons (Fsp3) is 0.333. The number of anilines is 2. The van der Waals surface area contributed by atoms with E-state index in [9.17, 15) is 0 Å². The van der Waals surface area contributed by atoms with E-state index in [1.54, 1.807) is 4.68 Å². The third kappa shape index (κ3) is 3.13. The molecule has 3 N–H and O–H groups in total. The van der Waals surface area contributed by atoms with Crippen LogP contribution >= 0.6 is 11.6 Å². The van der Waals surface area contributed by atoms with Gasteiger partial charge in [-0.25, -0.2) is 4.68 Å². The van der Waals surface area contributed by atoms with Crippen molar-refractivity contribution in [1.82, 2.24) is 14.8 Å². The van der Waals surface area contributed by atoms with Gasteiger partial charge >= 0.3 is 0 Å². The Hall–Kier alpha value is -1.75. The summed E-state index contributed by atoms with van der Waals surface area (Å²) in [5.74, 6) is 0.949. The van der Waals surface area contributed by atoms with Gasteiger partial charge in [-0.1, -0.05) is 23.7 Å². The number of rotatable bonds is 4. The average molecular weight is 266 g/mol. The van der Waals surface area contributed by atoms with Gasteiger partial charge in [0.1, 0.15) is 0 Å². The Balaban J connectivity index is 2.13. The Morgan fingerprint density at radius 2 is 2.00 bits per heavy atom. The summed E-state index contributed by atoms with van der Waals surface area (Å²) in [6.07, 6.45) is 0. The van der Waals surface area contributed by atoms with E-state index in [1.807, 2.05) is 38.1 Å². The lowest BCUT2D eigenvalue weighted by Crippen LogP contribution is -2.11. The number of benzene rings is 1. The van der Waals surface area contributed by atoms with Gasteiger partial charge in [0.15, 0.2) is 0 Å². The van der Waals surface area contributed by atoms with Crippen LogP contribution < -0.4 is 11.1 Å². The molecule has 0 bridgehead atoms. The molecule has 1 aromatic heterocycles. The molecule has 2 rings (SSSR count). The summed E-state index contributed by atoms with van der Waals surface area (Å²) in [6, 6.07) is 7.85. The minimum atomic E-state index is 0.274. The van der Waals surface area contributed by atoms with Crippen LogP contribution in [0.15, 0.2) is 24.3 Å². The van der Waals surface area contributed by atoms with Gasteiger partial charge in [0.2, 0.25) is 11.9 Å². The standard InChI is InChI=1S/C12H16ClN5/c1-8(2)15-12-16-11(14)18(17-12)7-9-3-5-10(13)6-4-9/h3-6,8H,7H2,1-2H3,(H3,14,15,16,17). The smallest absolute Gasteiger partial charge is 0.244 e. The molecule has 18 heavy (non-hydrogen) atoms. The maximum atomic E-state index is 5.84. The Morgan fingerprint density at radius 3 is 2.61 bits per heavy atom. The third-order valence-electron chi connectivity index (χ3n) is 2.36. The van der Waals surface area contributed by atoms with Gasteiger partial charge in [0.25, 0.3) is 0 Å². The van der Waals surface area contributed by atoms with Gasteiger partial charge in [-0.2, -0.15) is 4.98 Å². The predicted octanol–water partition coefficient (Wildman–Crippen LogP) is 2.38. The molecular weight excluding hydrogens is 250 g/mol. The number of nitrogen functional groups attached to an aromatic ring is 1. The monoisotopic (exact) mass is 265 g/mol. The van der Waals surface area contributed by atoms with Gasteiger partial charge in [-0.3, -0.25) is 0 Å². The normalized spacial score (nSPS) is 10.9. The van der Waals surface area contributed by atoms with Gasteiger partial charge in [0, 0.05) is 11.1 Å². The lowest BCUT2D eigenvalue weighted by molar-refractivity contribution is 0.695. The van der Waals surface area contributed by atoms with Gasteiger partial charge in [-0.05, 0) is 31.5 Å². The molecule has 1 heterocycles. The molecule has 5 nitrogen and oxygen atoms in total. The highest BCUT2D eigenvalue weighted by atomic mass is 35.5. The molecule has 0 amide bonds. The lowest BCUT2D eigenvalue weighted by atomic mass is 10.2. The second-order valence-electron chi connectivity index (χ2n) is 4.38. The van der Waals surface area contributed by atoms with Gasteiger partial charge in [-0.15, -0.1) is 5.10 Å². The molecule has 1 aromatic carbocycles. The van der Waals surface area contributed by atoms with Crippen LogP contribution in [0.5, 0.6) is 0 Å². The van der Waals surface area contributed by atoms with Gasteiger partial charge < -0.3 is 11.1 Å². The zero-order valence-corrected chi connectivity index (χ0v) is 11.1. The Morgan fingerprint density at radius 1 is 1.33 bits per heavy atom. The topological polar surface area (TPSA) is 68.8 Å². The fourth-order valence-electron chi connectivity index (χ4n) is 1.55. The molecule has 0 fully saturated rings. The second kappa shape index (κ2) is 5.27. The highest BCUT2D eigenvalue weighted by molar-refractivity contribution is 6.30. The Bertz CT molecular complexity index is 518. The van der Waals surface area contributed by atoms with Crippen LogP contribution in [0.2, 0.25) is 5.02 Å². The number of hydrogen-bond acceptors (Lipinski definition) is 4. The summed E-state index contributed by atoms with van der Waals surface area (Å²) in [5.41, 5.74) is 6.89. The summed E-state index contributed by atoms with van der Waals surface area (Å²) in [7, 11) is 0. The minimum absolute atomic E-state index is 0.274. The molecule has 0 aliphatic heterocycles. The Labute approximate surface area is 111 Å². The molecule has 0 radical (unpaired) electrons. The van der Waals surface area contributed by atoms with Crippen LogP contribution in [0.25, 0.3) is 0 Å². The van der Waals surface area contributed by atoms with Crippen molar-refractivity contribution in [2.75, 3.05) is 11.1 Å². The zero-order valence-electron chi connectivity index (χ0n) is 10.4. The van der Waals surface area contributed by atoms with E-state index in [4.69, 9.17) is 17.3 Å². The number of nitrogens with zero attached hydrogens (tertiary/aromatic N) is 3. The SMILES string of the molecule is CC(C)Nc1nc(N)n(Cc2ccc(Cl)cc2)n1. The van der Waals surface area contributed by atoms with Crippen molar-refractivity contribution < 1.29 is 0 Å². The number of nitrogens with one attached hydrogen (secondary N) is 1. The molecule has 96 valence electrons. The lowest BCUT2D eigenvalue weighted by Gasteiger charge is -2.04. The summed E-state index contributed by atoms with van der Waals surface area (Å²) in [5, 5.41) is 8.14. The van der Waals surface area contributed by atoms with Crippen LogP contribution in [0.3, 0.4) is 0 Å². The van der Waals surface area contributed by atoms with Crippen LogP contribution in [-0.4, -0.2) is 20.8 Å². The van der Waals surface area contributed by atoms with Crippen LogP contribution in [0.4, 0.5) is 11.9 Å². The molecule has 0 atom stereocenters. The largest absolute Gasteiger partial charge is 0.368 e. The van der Waals surface area contributed by atoms with E-state index >= 15 is 0 Å². The Kier molecular flexibility index (Phi) is 3.72. The highest BCUT2D eigenvalue weighted by Crippen LogP contribution is 2.13. The third-order valence-corrected chi connectivity index (χ3v) is 2.62. The average Bonchev–Trinajstić information content (AvgIpc) is 2.61. The molecular formula is C12H16ClN5. The number of nitrogens with two attached hydrogens (primary N) is 1. The van der Waals surface area contributed by atoms with E-state index in [2.05, 4.69) is 15.4 Å². The molecule has 0 unspecified atom stereocenters. The molecule has 0 saturated heterocycles. The summed E-state index contributed by atoms with van der Waals surface area (Å²) in [6.45, 7) is 4.63. The van der Waals surface area contributed by atoms with Crippen molar-refractivity contribution in [3.63, 3.8) is 0 Å². The molecule has 0 spiro atoms. The van der Waals surface area contributed by atoms with E-state index in [0.29, 0.717) is 23.5 Å². The first-order valence-electron chi connectivity index (χ1n) is 5.76. The van der Waals surface area contributed by atoms with E-state index < -0.39 is 0 Å². The first-order chi connectivity index (χ1) is 8.54. The van der Waals surface area contributed by atoms with E-state index in [-0.39, 0.29) is 6.04 Å². The quantitative estimate of drug-likeness (QED) is 0.891. The van der Waals surface area contributed by atoms with Crippen molar-refractivity contribution in [2.24, 2.45) is 0 Å². The first-order valence-corrected chi connectivity index (χ1v) is 6.13. The van der Waals surface area contributed by atoms with Crippen LogP contribution in [0, 0.1) is 0 Å². The van der Waals surface area contributed by atoms with Crippen LogP contribution in [0.1, 0.15) is 19.4 Å². The van der Waals surface area contributed by atoms with Crippen molar-refractivity contribution in [3.8, 4) is 0 Å². The van der Waals surface area contributed by atoms with E-state index in [0.717, 1.165) is 5.56 Å². The summed E-state index contributed by atoms with van der Waals surface area (Å²) in [4.78, 5) is 4.16. The van der Waals surface area contributed by atoms with Gasteiger partial charge in [0.05, 0.1) is 6.54 Å². The van der Waals surface area contributed by atoms with Crippen molar-refractivity contribution >= 4 is 23.5 Å². The maximum absolute atomic E-state index is 5.84. The second-order valence-corrected chi connectivity index (χ2v) is 4.81. The van der Waals surface area contributed by atoms with Crippen molar-refractivity contribution in [2.45, 2.75) is 26.4 Å². The number of halogens is 1. The highest BCUT2D eigenvalue weighted by Gasteiger charge is 2.08. The predicted molar refractivity (Wildman–Crippen MR) is 73.7 cm³/mol.